The molecule has 2 heterocycles. The maximum absolute atomic E-state index is 12.3. The Balaban J connectivity index is 1.62. The number of carbonyl (C=O) groups excluding carboxylic acids is 3. The third kappa shape index (κ3) is 7.83. The number of nitrogens with zero attached hydrogens (tertiary/aromatic N) is 3. The number of ether oxygens (including phenoxy) is 1. The Morgan fingerprint density at radius 1 is 1.17 bits per heavy atom. The molecule has 1 aromatic carbocycles. The molecule has 1 aliphatic heterocycles. The van der Waals surface area contributed by atoms with Crippen LogP contribution in [0.15, 0.2) is 30.5 Å². The van der Waals surface area contributed by atoms with Crippen molar-refractivity contribution >= 4 is 41.0 Å². The highest BCUT2D eigenvalue weighted by Crippen LogP contribution is 2.23. The van der Waals surface area contributed by atoms with Crippen molar-refractivity contribution in [2.24, 2.45) is 11.7 Å². The molecule has 3 rings (SSSR count). The zero-order valence-electron chi connectivity index (χ0n) is 20.6. The number of rotatable bonds is 7. The van der Waals surface area contributed by atoms with E-state index >= 15 is 0 Å². The van der Waals surface area contributed by atoms with Gasteiger partial charge in [0, 0.05) is 44.1 Å². The van der Waals surface area contributed by atoms with Crippen molar-refractivity contribution in [2.75, 3.05) is 35.6 Å². The quantitative estimate of drug-likeness (QED) is 0.468. The molecular formula is C24H33N7O4. The minimum atomic E-state index is -0.633. The lowest BCUT2D eigenvalue weighted by molar-refractivity contribution is -0.114. The van der Waals surface area contributed by atoms with E-state index in [1.807, 2.05) is 26.8 Å². The van der Waals surface area contributed by atoms with Crippen LogP contribution in [0.5, 0.6) is 0 Å². The van der Waals surface area contributed by atoms with Crippen molar-refractivity contribution in [3.05, 3.63) is 36.0 Å². The summed E-state index contributed by atoms with van der Waals surface area (Å²) in [6.45, 7) is 8.76. The number of primary amides is 1. The van der Waals surface area contributed by atoms with Crippen LogP contribution in [0.1, 0.15) is 50.9 Å². The monoisotopic (exact) mass is 483 g/mol. The van der Waals surface area contributed by atoms with Crippen LogP contribution < -0.4 is 21.7 Å². The Kier molecular flexibility index (Phi) is 8.10. The highest BCUT2D eigenvalue weighted by molar-refractivity contribution is 5.97. The second-order valence-electron chi connectivity index (χ2n) is 9.50. The first kappa shape index (κ1) is 25.7. The Labute approximate surface area is 204 Å². The number of likely N-dealkylation sites (tertiary alicyclic amines) is 1. The van der Waals surface area contributed by atoms with Crippen molar-refractivity contribution in [3.8, 4) is 0 Å². The third-order valence-corrected chi connectivity index (χ3v) is 5.32. The van der Waals surface area contributed by atoms with Crippen molar-refractivity contribution in [3.63, 3.8) is 0 Å². The van der Waals surface area contributed by atoms with Crippen LogP contribution in [0.25, 0.3) is 0 Å². The second-order valence-corrected chi connectivity index (χ2v) is 9.50. The number of hydrogen-bond donors (Lipinski definition) is 4. The lowest BCUT2D eigenvalue weighted by atomic mass is 9.97. The molecule has 0 saturated carbocycles. The minimum Gasteiger partial charge on any atom is -0.444 e. The molecule has 11 nitrogen and oxygen atoms in total. The summed E-state index contributed by atoms with van der Waals surface area (Å²) in [6, 6.07) is 7.11. The van der Waals surface area contributed by atoms with Gasteiger partial charge >= 0.3 is 6.09 Å². The third-order valence-electron chi connectivity index (χ3n) is 5.32. The van der Waals surface area contributed by atoms with Crippen LogP contribution in [0.3, 0.4) is 0 Å². The van der Waals surface area contributed by atoms with Gasteiger partial charge in [0.15, 0.2) is 0 Å². The second kappa shape index (κ2) is 11.0. The smallest absolute Gasteiger partial charge is 0.410 e. The van der Waals surface area contributed by atoms with Crippen LogP contribution >= 0.6 is 0 Å². The van der Waals surface area contributed by atoms with E-state index < -0.39 is 11.5 Å². The summed E-state index contributed by atoms with van der Waals surface area (Å²) >= 11 is 0. The van der Waals surface area contributed by atoms with Crippen molar-refractivity contribution in [1.82, 2.24) is 14.9 Å². The molecular weight excluding hydrogens is 450 g/mol. The predicted molar refractivity (Wildman–Crippen MR) is 134 cm³/mol. The normalized spacial score (nSPS) is 14.2. The van der Waals surface area contributed by atoms with Gasteiger partial charge in [-0.05, 0) is 57.7 Å². The molecule has 0 spiro atoms. The average Bonchev–Trinajstić information content (AvgIpc) is 2.76. The summed E-state index contributed by atoms with van der Waals surface area (Å²) in [5.74, 6) is 0.0917. The van der Waals surface area contributed by atoms with Crippen LogP contribution in [0.4, 0.5) is 27.9 Å². The number of hydrogen-bond acceptors (Lipinski definition) is 8. The fourth-order valence-electron chi connectivity index (χ4n) is 3.65. The zero-order valence-corrected chi connectivity index (χ0v) is 20.6. The fraction of sp³-hybridized carbons (Fsp3) is 0.458. The van der Waals surface area contributed by atoms with Gasteiger partial charge < -0.3 is 31.3 Å². The van der Waals surface area contributed by atoms with Crippen LogP contribution in [0, 0.1) is 5.92 Å². The molecule has 1 saturated heterocycles. The Morgan fingerprint density at radius 2 is 1.86 bits per heavy atom. The number of piperidine rings is 1. The summed E-state index contributed by atoms with van der Waals surface area (Å²) in [5.41, 5.74) is 6.48. The number of nitrogens with two attached hydrogens (primary N) is 1. The Bertz CT molecular complexity index is 1080. The van der Waals surface area contributed by atoms with Crippen LogP contribution in [0.2, 0.25) is 0 Å². The van der Waals surface area contributed by atoms with E-state index in [1.165, 1.54) is 13.1 Å². The number of benzene rings is 1. The number of aromatic nitrogens is 2. The Hall–Kier alpha value is -3.89. The van der Waals surface area contributed by atoms with Gasteiger partial charge in [-0.2, -0.15) is 4.98 Å². The Morgan fingerprint density at radius 3 is 2.49 bits per heavy atom. The number of carbonyl (C=O) groups is 3. The minimum absolute atomic E-state index is 0.173. The van der Waals surface area contributed by atoms with E-state index in [4.69, 9.17) is 10.5 Å². The molecule has 0 atom stereocenters. The molecule has 1 aromatic heterocycles. The maximum atomic E-state index is 12.3. The SMILES string of the molecule is CC(=O)Nc1cccc(Nc2ncc(C(N)=O)c(NCC3CCN(C(=O)OC(C)(C)C)CC3)n2)c1. The van der Waals surface area contributed by atoms with Gasteiger partial charge in [-0.25, -0.2) is 9.78 Å². The zero-order chi connectivity index (χ0) is 25.6. The van der Waals surface area contributed by atoms with Crippen molar-refractivity contribution in [1.29, 1.82) is 0 Å². The summed E-state index contributed by atoms with van der Waals surface area (Å²) in [7, 11) is 0. The van der Waals surface area contributed by atoms with E-state index in [0.717, 1.165) is 12.8 Å². The van der Waals surface area contributed by atoms with Crippen molar-refractivity contribution < 1.29 is 19.1 Å². The van der Waals surface area contributed by atoms with Gasteiger partial charge in [-0.3, -0.25) is 9.59 Å². The fourth-order valence-corrected chi connectivity index (χ4v) is 3.65. The van der Waals surface area contributed by atoms with Gasteiger partial charge in [0.1, 0.15) is 11.4 Å². The molecule has 35 heavy (non-hydrogen) atoms. The molecule has 188 valence electrons. The molecule has 0 bridgehead atoms. The van der Waals surface area contributed by atoms with Crippen LogP contribution in [-0.2, 0) is 9.53 Å². The summed E-state index contributed by atoms with van der Waals surface area (Å²) in [4.78, 5) is 45.8. The molecule has 1 aliphatic rings. The highest BCUT2D eigenvalue weighted by Gasteiger charge is 2.27. The van der Waals surface area contributed by atoms with E-state index in [-0.39, 0.29) is 29.4 Å². The predicted octanol–water partition coefficient (Wildman–Crippen LogP) is 3.34. The first-order valence-electron chi connectivity index (χ1n) is 11.5. The van der Waals surface area contributed by atoms with E-state index in [1.54, 1.807) is 23.1 Å². The maximum Gasteiger partial charge on any atom is 0.410 e. The van der Waals surface area contributed by atoms with Gasteiger partial charge in [0.05, 0.1) is 5.56 Å². The first-order valence-corrected chi connectivity index (χ1v) is 11.5. The average molecular weight is 484 g/mol. The highest BCUT2D eigenvalue weighted by atomic mass is 16.6. The van der Waals surface area contributed by atoms with Gasteiger partial charge in [0.2, 0.25) is 11.9 Å². The van der Waals surface area contributed by atoms with E-state index in [0.29, 0.717) is 36.8 Å². The molecule has 3 amide bonds. The molecule has 5 N–H and O–H groups in total. The molecule has 0 radical (unpaired) electrons. The molecule has 1 fully saturated rings. The number of anilines is 4. The molecule has 11 heteroatoms. The first-order chi connectivity index (χ1) is 16.5. The topological polar surface area (TPSA) is 152 Å². The van der Waals surface area contributed by atoms with Crippen molar-refractivity contribution in [2.45, 2.75) is 46.1 Å². The summed E-state index contributed by atoms with van der Waals surface area (Å²) < 4.78 is 5.45. The summed E-state index contributed by atoms with van der Waals surface area (Å²) in [5, 5.41) is 9.02. The van der Waals surface area contributed by atoms with E-state index in [2.05, 4.69) is 25.9 Å². The van der Waals surface area contributed by atoms with E-state index in [9.17, 15) is 14.4 Å². The van der Waals surface area contributed by atoms with Gasteiger partial charge in [-0.1, -0.05) is 6.07 Å². The standard InChI is InChI=1S/C24H33N7O4/c1-15(32)28-17-6-5-7-18(12-17)29-22-27-14-19(20(25)33)21(30-22)26-13-16-8-10-31(11-9-16)23(34)35-24(2,3)4/h5-7,12,14,16H,8-11,13H2,1-4H3,(H2,25,33)(H,28,32)(H2,26,27,29,30). The van der Waals surface area contributed by atoms with Gasteiger partial charge in [-0.15, -0.1) is 0 Å². The molecule has 0 aliphatic carbocycles. The van der Waals surface area contributed by atoms with Crippen LogP contribution in [-0.4, -0.2) is 58.0 Å². The largest absolute Gasteiger partial charge is 0.444 e. The number of amides is 3. The molecule has 2 aromatic rings. The summed E-state index contributed by atoms with van der Waals surface area (Å²) in [6.07, 6.45) is 2.67. The lowest BCUT2D eigenvalue weighted by Gasteiger charge is -2.33. The van der Waals surface area contributed by atoms with Gasteiger partial charge in [0.25, 0.3) is 5.91 Å². The number of nitrogens with one attached hydrogen (secondary N) is 3. The lowest BCUT2D eigenvalue weighted by Crippen LogP contribution is -2.42. The molecule has 0 unspecified atom stereocenters.